The summed E-state index contributed by atoms with van der Waals surface area (Å²) in [5, 5.41) is 4.69. The van der Waals surface area contributed by atoms with Gasteiger partial charge in [-0.15, -0.1) is 11.3 Å². The summed E-state index contributed by atoms with van der Waals surface area (Å²) >= 11 is 1.85. The second kappa shape index (κ2) is 7.07. The molecule has 2 aliphatic rings. The molecule has 0 amide bonds. The highest BCUT2D eigenvalue weighted by Gasteiger charge is 2.29. The Balaban J connectivity index is 1.53. The third kappa shape index (κ3) is 3.96. The van der Waals surface area contributed by atoms with E-state index in [0.717, 1.165) is 12.6 Å². The molecule has 3 rings (SSSR count). The third-order valence-corrected chi connectivity index (χ3v) is 5.62. The number of hydrogen-bond acceptors (Lipinski definition) is 5. The summed E-state index contributed by atoms with van der Waals surface area (Å²) in [7, 11) is 0. The van der Waals surface area contributed by atoms with Gasteiger partial charge in [-0.3, -0.25) is 4.90 Å². The number of thiazole rings is 1. The van der Waals surface area contributed by atoms with Gasteiger partial charge < -0.3 is 10.2 Å². The molecule has 1 N–H and O–H groups in total. The number of anilines is 1. The molecule has 2 aliphatic heterocycles. The lowest BCUT2D eigenvalue weighted by atomic mass is 10.1. The molecule has 1 unspecified atom stereocenters. The standard InChI is InChI=1S/C16H28N4S/c1-13(2)17-10-15-11-18-16(21-15)20-9-6-14(12-20)19-7-4-3-5-8-19/h11,13-14,17H,3-10,12H2,1-2H3. The monoisotopic (exact) mass is 308 g/mol. The number of piperidine rings is 1. The summed E-state index contributed by atoms with van der Waals surface area (Å²) in [6, 6.07) is 1.29. The zero-order valence-electron chi connectivity index (χ0n) is 13.3. The van der Waals surface area contributed by atoms with Crippen LogP contribution in [-0.2, 0) is 6.54 Å². The molecule has 0 spiro atoms. The molecule has 0 saturated carbocycles. The second-order valence-electron chi connectivity index (χ2n) is 6.63. The van der Waals surface area contributed by atoms with Crippen molar-refractivity contribution in [3.05, 3.63) is 11.1 Å². The Hall–Kier alpha value is -0.650. The largest absolute Gasteiger partial charge is 0.346 e. The Morgan fingerprint density at radius 2 is 2.10 bits per heavy atom. The van der Waals surface area contributed by atoms with Gasteiger partial charge in [-0.1, -0.05) is 20.3 Å². The quantitative estimate of drug-likeness (QED) is 0.906. The van der Waals surface area contributed by atoms with E-state index in [0.29, 0.717) is 6.04 Å². The van der Waals surface area contributed by atoms with Gasteiger partial charge in [0.1, 0.15) is 0 Å². The zero-order valence-corrected chi connectivity index (χ0v) is 14.2. The van der Waals surface area contributed by atoms with Gasteiger partial charge >= 0.3 is 0 Å². The number of aromatic nitrogens is 1. The Bertz CT molecular complexity index is 439. The summed E-state index contributed by atoms with van der Waals surface area (Å²) < 4.78 is 0. The zero-order chi connectivity index (χ0) is 14.7. The molecular weight excluding hydrogens is 280 g/mol. The first-order chi connectivity index (χ1) is 10.2. The molecule has 4 nitrogen and oxygen atoms in total. The molecule has 0 aliphatic carbocycles. The maximum atomic E-state index is 4.64. The molecule has 0 aromatic carbocycles. The summed E-state index contributed by atoms with van der Waals surface area (Å²) in [5.41, 5.74) is 0. The first-order valence-corrected chi connectivity index (χ1v) is 9.21. The van der Waals surface area contributed by atoms with Gasteiger partial charge in [-0.05, 0) is 32.4 Å². The van der Waals surface area contributed by atoms with Crippen LogP contribution in [0.1, 0.15) is 44.4 Å². The molecule has 118 valence electrons. The Morgan fingerprint density at radius 1 is 1.29 bits per heavy atom. The number of likely N-dealkylation sites (tertiary alicyclic amines) is 1. The lowest BCUT2D eigenvalue weighted by Gasteiger charge is -2.32. The van der Waals surface area contributed by atoms with E-state index < -0.39 is 0 Å². The van der Waals surface area contributed by atoms with E-state index in [1.54, 1.807) is 0 Å². The van der Waals surface area contributed by atoms with Gasteiger partial charge in [0.25, 0.3) is 0 Å². The minimum atomic E-state index is 0.533. The van der Waals surface area contributed by atoms with Crippen LogP contribution in [0.4, 0.5) is 5.13 Å². The molecule has 1 atom stereocenters. The van der Waals surface area contributed by atoms with Crippen LogP contribution in [0.25, 0.3) is 0 Å². The number of rotatable bonds is 5. The first kappa shape index (κ1) is 15.3. The van der Waals surface area contributed by atoms with Crippen molar-refractivity contribution in [2.45, 2.75) is 58.2 Å². The maximum absolute atomic E-state index is 4.64. The van der Waals surface area contributed by atoms with E-state index in [4.69, 9.17) is 0 Å². The smallest absolute Gasteiger partial charge is 0.185 e. The van der Waals surface area contributed by atoms with Gasteiger partial charge in [0, 0.05) is 42.8 Å². The van der Waals surface area contributed by atoms with Crippen molar-refractivity contribution in [1.29, 1.82) is 0 Å². The molecule has 5 heteroatoms. The molecule has 2 fully saturated rings. The molecule has 3 heterocycles. The molecule has 2 saturated heterocycles. The van der Waals surface area contributed by atoms with Crippen LogP contribution >= 0.6 is 11.3 Å². The van der Waals surface area contributed by atoms with E-state index >= 15 is 0 Å². The van der Waals surface area contributed by atoms with Gasteiger partial charge in [0.05, 0.1) is 0 Å². The van der Waals surface area contributed by atoms with Crippen LogP contribution < -0.4 is 10.2 Å². The lowest BCUT2D eigenvalue weighted by molar-refractivity contribution is 0.175. The Labute approximate surface area is 132 Å². The van der Waals surface area contributed by atoms with Crippen molar-refractivity contribution in [1.82, 2.24) is 15.2 Å². The fraction of sp³-hybridized carbons (Fsp3) is 0.812. The van der Waals surface area contributed by atoms with Crippen molar-refractivity contribution >= 4 is 16.5 Å². The van der Waals surface area contributed by atoms with Gasteiger partial charge in [0.2, 0.25) is 0 Å². The van der Waals surface area contributed by atoms with Crippen molar-refractivity contribution in [2.75, 3.05) is 31.1 Å². The Morgan fingerprint density at radius 3 is 2.86 bits per heavy atom. The average Bonchev–Trinajstić information content (AvgIpc) is 3.15. The predicted molar refractivity (Wildman–Crippen MR) is 90.1 cm³/mol. The summed E-state index contributed by atoms with van der Waals surface area (Å²) in [5.74, 6) is 0. The highest BCUT2D eigenvalue weighted by atomic mass is 32.1. The summed E-state index contributed by atoms with van der Waals surface area (Å²) in [6.45, 7) is 10.3. The summed E-state index contributed by atoms with van der Waals surface area (Å²) in [4.78, 5) is 11.2. The Kier molecular flexibility index (Phi) is 5.14. The van der Waals surface area contributed by atoms with Crippen LogP contribution in [0.3, 0.4) is 0 Å². The first-order valence-electron chi connectivity index (χ1n) is 8.39. The average molecular weight is 308 g/mol. The van der Waals surface area contributed by atoms with E-state index in [1.165, 1.54) is 61.9 Å². The number of nitrogens with zero attached hydrogens (tertiary/aromatic N) is 3. The van der Waals surface area contributed by atoms with Crippen LogP contribution in [-0.4, -0.2) is 48.1 Å². The maximum Gasteiger partial charge on any atom is 0.185 e. The second-order valence-corrected chi connectivity index (χ2v) is 7.72. The highest BCUT2D eigenvalue weighted by Crippen LogP contribution is 2.28. The number of hydrogen-bond donors (Lipinski definition) is 1. The van der Waals surface area contributed by atoms with E-state index in [2.05, 4.69) is 33.9 Å². The van der Waals surface area contributed by atoms with Crippen LogP contribution in [0.15, 0.2) is 6.20 Å². The molecule has 0 radical (unpaired) electrons. The van der Waals surface area contributed by atoms with Crippen LogP contribution in [0, 0.1) is 0 Å². The molecular formula is C16H28N4S. The van der Waals surface area contributed by atoms with E-state index in [9.17, 15) is 0 Å². The van der Waals surface area contributed by atoms with Crippen LogP contribution in [0.2, 0.25) is 0 Å². The normalized spacial score (nSPS) is 24.1. The van der Waals surface area contributed by atoms with Gasteiger partial charge in [-0.25, -0.2) is 4.98 Å². The molecule has 21 heavy (non-hydrogen) atoms. The number of nitrogens with one attached hydrogen (secondary N) is 1. The third-order valence-electron chi connectivity index (χ3n) is 4.57. The van der Waals surface area contributed by atoms with E-state index in [1.807, 2.05) is 17.5 Å². The topological polar surface area (TPSA) is 31.4 Å². The molecule has 1 aromatic rings. The van der Waals surface area contributed by atoms with Crippen molar-refractivity contribution in [3.63, 3.8) is 0 Å². The van der Waals surface area contributed by atoms with Gasteiger partial charge in [0.15, 0.2) is 5.13 Å². The van der Waals surface area contributed by atoms with E-state index in [-0.39, 0.29) is 0 Å². The van der Waals surface area contributed by atoms with Crippen molar-refractivity contribution in [2.24, 2.45) is 0 Å². The SMILES string of the molecule is CC(C)NCc1cnc(N2CCC(N3CCCCC3)C2)s1. The highest BCUT2D eigenvalue weighted by molar-refractivity contribution is 7.15. The van der Waals surface area contributed by atoms with Crippen molar-refractivity contribution < 1.29 is 0 Å². The summed E-state index contributed by atoms with van der Waals surface area (Å²) in [6.07, 6.45) is 7.55. The fourth-order valence-corrected chi connectivity index (χ4v) is 4.22. The van der Waals surface area contributed by atoms with Crippen molar-refractivity contribution in [3.8, 4) is 0 Å². The minimum absolute atomic E-state index is 0.533. The molecule has 1 aromatic heterocycles. The fourth-order valence-electron chi connectivity index (χ4n) is 3.33. The minimum Gasteiger partial charge on any atom is -0.346 e. The molecule has 0 bridgehead atoms. The van der Waals surface area contributed by atoms with Gasteiger partial charge in [-0.2, -0.15) is 0 Å². The predicted octanol–water partition coefficient (Wildman–Crippen LogP) is 2.71. The lowest BCUT2D eigenvalue weighted by Crippen LogP contribution is -2.40. The van der Waals surface area contributed by atoms with Crippen LogP contribution in [0.5, 0.6) is 0 Å².